The van der Waals surface area contributed by atoms with Gasteiger partial charge in [-0.05, 0) is 30.8 Å². The third-order valence-electron chi connectivity index (χ3n) is 3.00. The van der Waals surface area contributed by atoms with Crippen molar-refractivity contribution in [1.29, 1.82) is 0 Å². The quantitative estimate of drug-likeness (QED) is 0.718. The van der Waals surface area contributed by atoms with Crippen LogP contribution < -0.4 is 11.4 Å². The number of hydrogen-bond donors (Lipinski definition) is 2. The smallest absolute Gasteiger partial charge is 0.343 e. The summed E-state index contributed by atoms with van der Waals surface area (Å²) in [5.41, 5.74) is 7.13. The van der Waals surface area contributed by atoms with Gasteiger partial charge in [-0.3, -0.25) is 9.55 Å². The molecule has 0 unspecified atom stereocenters. The molecule has 1 aromatic carbocycles. The van der Waals surface area contributed by atoms with E-state index in [1.165, 1.54) is 11.8 Å². The van der Waals surface area contributed by atoms with Gasteiger partial charge < -0.3 is 5.73 Å². The molecular weight excluding hydrogens is 274 g/mol. The molecule has 0 spiro atoms. The highest BCUT2D eigenvalue weighted by Crippen LogP contribution is 2.32. The minimum Gasteiger partial charge on any atom is -0.397 e. The number of rotatable bonds is 3. The second-order valence-corrected chi connectivity index (χ2v) is 5.22. The van der Waals surface area contributed by atoms with Crippen molar-refractivity contribution in [3.05, 3.63) is 40.9 Å². The van der Waals surface area contributed by atoms with Crippen LogP contribution in [0.5, 0.6) is 0 Å². The van der Waals surface area contributed by atoms with E-state index in [1.807, 2.05) is 31.2 Å². The number of hydrogen-bond acceptors (Lipinski definition) is 5. The zero-order valence-corrected chi connectivity index (χ0v) is 11.6. The van der Waals surface area contributed by atoms with Gasteiger partial charge in [0.15, 0.2) is 5.16 Å². The van der Waals surface area contributed by atoms with Crippen molar-refractivity contribution in [2.75, 3.05) is 5.73 Å². The highest BCUT2D eigenvalue weighted by molar-refractivity contribution is 7.99. The highest BCUT2D eigenvalue weighted by Gasteiger charge is 2.11. The molecule has 0 amide bonds. The van der Waals surface area contributed by atoms with E-state index < -0.39 is 0 Å². The molecule has 3 N–H and O–H groups in total. The molecule has 102 valence electrons. The number of nitrogens with two attached hydrogens (primary N) is 1. The van der Waals surface area contributed by atoms with Crippen LogP contribution in [0.25, 0.3) is 10.9 Å². The van der Waals surface area contributed by atoms with Crippen LogP contribution in [0, 0.1) is 0 Å². The fourth-order valence-corrected chi connectivity index (χ4v) is 3.03. The van der Waals surface area contributed by atoms with Gasteiger partial charge in [0.1, 0.15) is 0 Å². The van der Waals surface area contributed by atoms with Gasteiger partial charge in [0, 0.05) is 23.0 Å². The molecule has 2 aromatic heterocycles. The summed E-state index contributed by atoms with van der Waals surface area (Å²) in [7, 11) is 0. The number of nitrogen functional groups attached to an aromatic ring is 1. The van der Waals surface area contributed by atoms with Gasteiger partial charge in [-0.1, -0.05) is 12.1 Å². The molecule has 3 rings (SSSR count). The highest BCUT2D eigenvalue weighted by atomic mass is 32.2. The van der Waals surface area contributed by atoms with E-state index in [-0.39, 0.29) is 5.69 Å². The van der Waals surface area contributed by atoms with Crippen molar-refractivity contribution in [3.63, 3.8) is 0 Å². The predicted octanol–water partition coefficient (Wildman–Crippen LogP) is 1.87. The molecule has 0 bridgehead atoms. The van der Waals surface area contributed by atoms with Crippen LogP contribution in [0.1, 0.15) is 6.92 Å². The van der Waals surface area contributed by atoms with E-state index >= 15 is 0 Å². The molecule has 0 radical (unpaired) electrons. The summed E-state index contributed by atoms with van der Waals surface area (Å²) in [6.45, 7) is 2.48. The number of aromatic amines is 1. The molecule has 0 fully saturated rings. The SMILES string of the molecule is CCn1c(Sc2ccnc3c(N)cccc23)n[nH]c1=O. The second kappa shape index (κ2) is 5.01. The van der Waals surface area contributed by atoms with E-state index in [0.717, 1.165) is 15.8 Å². The Bertz CT molecular complexity index is 823. The van der Waals surface area contributed by atoms with Gasteiger partial charge in [0.25, 0.3) is 0 Å². The minimum atomic E-state index is -0.201. The first-order valence-electron chi connectivity index (χ1n) is 6.17. The molecule has 0 saturated carbocycles. The van der Waals surface area contributed by atoms with E-state index in [9.17, 15) is 4.79 Å². The normalized spacial score (nSPS) is 11.1. The third-order valence-corrected chi connectivity index (χ3v) is 4.07. The van der Waals surface area contributed by atoms with E-state index in [0.29, 0.717) is 17.4 Å². The summed E-state index contributed by atoms with van der Waals surface area (Å²) in [5.74, 6) is 0. The van der Waals surface area contributed by atoms with Gasteiger partial charge in [-0.2, -0.15) is 0 Å². The summed E-state index contributed by atoms with van der Waals surface area (Å²) in [4.78, 5) is 16.8. The molecular formula is C13H13N5OS. The zero-order valence-electron chi connectivity index (χ0n) is 10.8. The monoisotopic (exact) mass is 287 g/mol. The summed E-state index contributed by atoms with van der Waals surface area (Å²) in [6.07, 6.45) is 1.71. The number of fused-ring (bicyclic) bond motifs is 1. The van der Waals surface area contributed by atoms with Crippen LogP contribution >= 0.6 is 11.8 Å². The lowest BCUT2D eigenvalue weighted by Crippen LogP contribution is -2.16. The van der Waals surface area contributed by atoms with Gasteiger partial charge in [0.05, 0.1) is 11.2 Å². The largest absolute Gasteiger partial charge is 0.397 e. The Balaban J connectivity index is 2.11. The van der Waals surface area contributed by atoms with Gasteiger partial charge in [0.2, 0.25) is 0 Å². The first kappa shape index (κ1) is 12.7. The number of nitrogens with one attached hydrogen (secondary N) is 1. The van der Waals surface area contributed by atoms with Crippen LogP contribution in [0.3, 0.4) is 0 Å². The molecule has 7 heteroatoms. The third kappa shape index (κ3) is 2.05. The summed E-state index contributed by atoms with van der Waals surface area (Å²) >= 11 is 1.42. The first-order chi connectivity index (χ1) is 9.70. The Labute approximate surface area is 119 Å². The standard InChI is InChI=1S/C13H13N5OS/c1-2-18-12(19)16-17-13(18)20-10-6-7-15-11-8(10)4-3-5-9(11)14/h3-7H,2,14H2,1H3,(H,16,19). The topological polar surface area (TPSA) is 89.6 Å². The van der Waals surface area contributed by atoms with Crippen molar-refractivity contribution in [2.24, 2.45) is 0 Å². The molecule has 6 nitrogen and oxygen atoms in total. The number of anilines is 1. The number of nitrogens with zero attached hydrogens (tertiary/aromatic N) is 3. The van der Waals surface area contributed by atoms with Crippen LogP contribution in [0.4, 0.5) is 5.69 Å². The second-order valence-electron chi connectivity index (χ2n) is 4.21. The summed E-state index contributed by atoms with van der Waals surface area (Å²) in [6, 6.07) is 7.56. The number of benzene rings is 1. The number of pyridine rings is 1. The summed E-state index contributed by atoms with van der Waals surface area (Å²) in [5, 5.41) is 8.10. The first-order valence-corrected chi connectivity index (χ1v) is 6.98. The van der Waals surface area contributed by atoms with Gasteiger partial charge in [-0.15, -0.1) is 5.10 Å². The van der Waals surface area contributed by atoms with Crippen molar-refractivity contribution < 1.29 is 0 Å². The van der Waals surface area contributed by atoms with Gasteiger partial charge >= 0.3 is 5.69 Å². The maximum absolute atomic E-state index is 11.6. The molecule has 20 heavy (non-hydrogen) atoms. The summed E-state index contributed by atoms with van der Waals surface area (Å²) < 4.78 is 1.59. The van der Waals surface area contributed by atoms with Gasteiger partial charge in [-0.25, -0.2) is 9.89 Å². The van der Waals surface area contributed by atoms with Crippen molar-refractivity contribution in [3.8, 4) is 0 Å². The van der Waals surface area contributed by atoms with Crippen LogP contribution in [-0.2, 0) is 6.54 Å². The molecule has 0 aliphatic rings. The molecule has 0 aliphatic carbocycles. The molecule has 3 aromatic rings. The van der Waals surface area contributed by atoms with Crippen LogP contribution in [0.15, 0.2) is 45.3 Å². The van der Waals surface area contributed by atoms with Crippen molar-refractivity contribution >= 4 is 28.4 Å². The Morgan fingerprint density at radius 2 is 2.25 bits per heavy atom. The average molecular weight is 287 g/mol. The van der Waals surface area contributed by atoms with E-state index in [4.69, 9.17) is 5.73 Å². The Morgan fingerprint density at radius 3 is 3.05 bits per heavy atom. The van der Waals surface area contributed by atoms with Crippen molar-refractivity contribution in [1.82, 2.24) is 19.7 Å². The van der Waals surface area contributed by atoms with Crippen LogP contribution in [0.2, 0.25) is 0 Å². The lowest BCUT2D eigenvalue weighted by Gasteiger charge is -2.07. The van der Waals surface area contributed by atoms with Crippen LogP contribution in [-0.4, -0.2) is 19.7 Å². The fourth-order valence-electron chi connectivity index (χ4n) is 2.02. The zero-order chi connectivity index (χ0) is 14.1. The Morgan fingerprint density at radius 1 is 1.40 bits per heavy atom. The lowest BCUT2D eigenvalue weighted by molar-refractivity contribution is 0.660. The maximum atomic E-state index is 11.6. The maximum Gasteiger partial charge on any atom is 0.343 e. The minimum absolute atomic E-state index is 0.201. The molecule has 0 aliphatic heterocycles. The molecule has 0 atom stereocenters. The number of para-hydroxylation sites is 1. The molecule has 2 heterocycles. The lowest BCUT2D eigenvalue weighted by atomic mass is 10.2. The fraction of sp³-hybridized carbons (Fsp3) is 0.154. The number of aromatic nitrogens is 4. The predicted molar refractivity (Wildman–Crippen MR) is 78.8 cm³/mol. The van der Waals surface area contributed by atoms with E-state index in [2.05, 4.69) is 15.2 Å². The van der Waals surface area contributed by atoms with E-state index in [1.54, 1.807) is 10.8 Å². The molecule has 0 saturated heterocycles. The number of H-pyrrole nitrogens is 1. The Hall–Kier alpha value is -2.28. The Kier molecular flexibility index (Phi) is 3.19. The average Bonchev–Trinajstić information content (AvgIpc) is 2.80. The van der Waals surface area contributed by atoms with Crippen molar-refractivity contribution in [2.45, 2.75) is 23.5 Å².